The van der Waals surface area contributed by atoms with E-state index < -0.39 is 10.0 Å². The van der Waals surface area contributed by atoms with Crippen molar-refractivity contribution >= 4 is 51.6 Å². The normalized spacial score (nSPS) is 12.4. The molecule has 0 aliphatic heterocycles. The number of hydrogen-bond acceptors (Lipinski definition) is 5. The van der Waals surface area contributed by atoms with Gasteiger partial charge in [-0.25, -0.2) is 18.1 Å². The minimum Gasteiger partial charge on any atom is -0.443 e. The van der Waals surface area contributed by atoms with E-state index >= 15 is 0 Å². The van der Waals surface area contributed by atoms with Crippen molar-refractivity contribution in [3.05, 3.63) is 47.1 Å². The van der Waals surface area contributed by atoms with Gasteiger partial charge in [-0.3, -0.25) is 4.99 Å². The third-order valence-corrected chi connectivity index (χ3v) is 5.43. The maximum absolute atomic E-state index is 12.2. The second-order valence-corrected chi connectivity index (χ2v) is 9.28. The summed E-state index contributed by atoms with van der Waals surface area (Å²) in [7, 11) is -1.99. The first kappa shape index (κ1) is 25.7. The van der Waals surface area contributed by atoms with E-state index in [4.69, 9.17) is 16.0 Å². The zero-order chi connectivity index (χ0) is 20.8. The summed E-state index contributed by atoms with van der Waals surface area (Å²) in [4.78, 5) is 8.46. The molecule has 0 radical (unpaired) electrons. The van der Waals surface area contributed by atoms with E-state index in [0.717, 1.165) is 5.76 Å². The zero-order valence-corrected chi connectivity index (χ0v) is 20.7. The van der Waals surface area contributed by atoms with Crippen molar-refractivity contribution in [3.8, 4) is 0 Å². The Kier molecular flexibility index (Phi) is 9.86. The Morgan fingerprint density at radius 2 is 1.97 bits per heavy atom. The van der Waals surface area contributed by atoms with E-state index in [9.17, 15) is 8.42 Å². The van der Waals surface area contributed by atoms with Gasteiger partial charge >= 0.3 is 0 Å². The fourth-order valence-electron chi connectivity index (χ4n) is 2.20. The minimum atomic E-state index is -3.61. The summed E-state index contributed by atoms with van der Waals surface area (Å²) >= 11 is 5.84. The zero-order valence-electron chi connectivity index (χ0n) is 16.8. The Hall–Kier alpha value is -1.37. The van der Waals surface area contributed by atoms with Gasteiger partial charge in [-0.15, -0.1) is 24.0 Å². The summed E-state index contributed by atoms with van der Waals surface area (Å²) in [6.45, 7) is 7.05. The van der Waals surface area contributed by atoms with Crippen LogP contribution < -0.4 is 15.4 Å². The monoisotopic (exact) mass is 555 g/mol. The lowest BCUT2D eigenvalue weighted by atomic mass is 9.94. The molecule has 0 amide bonds. The summed E-state index contributed by atoms with van der Waals surface area (Å²) in [6.07, 6.45) is 1.72. The van der Waals surface area contributed by atoms with E-state index in [1.54, 1.807) is 25.4 Å². The molecule has 2 aromatic rings. The molecule has 0 aliphatic carbocycles. The highest BCUT2D eigenvalue weighted by Crippen LogP contribution is 2.22. The van der Waals surface area contributed by atoms with Crippen LogP contribution in [0.3, 0.4) is 0 Å². The molecular formula is C18H27ClIN5O3S. The number of nitrogens with zero attached hydrogens (tertiary/aromatic N) is 2. The fourth-order valence-corrected chi connectivity index (χ4v) is 3.53. The number of nitrogens with one attached hydrogen (secondary N) is 3. The van der Waals surface area contributed by atoms with Crippen LogP contribution in [-0.4, -0.2) is 39.5 Å². The molecule has 1 aromatic heterocycles. The van der Waals surface area contributed by atoms with Crippen LogP contribution in [0.15, 0.2) is 44.8 Å². The Bertz CT molecular complexity index is 926. The van der Waals surface area contributed by atoms with Crippen molar-refractivity contribution in [2.75, 3.05) is 20.1 Å². The molecule has 0 aliphatic rings. The van der Waals surface area contributed by atoms with Crippen LogP contribution in [0, 0.1) is 0 Å². The summed E-state index contributed by atoms with van der Waals surface area (Å²) < 4.78 is 32.7. The molecule has 0 atom stereocenters. The fraction of sp³-hybridized carbons (Fsp3) is 0.444. The quantitative estimate of drug-likeness (QED) is 0.210. The Morgan fingerprint density at radius 1 is 1.24 bits per heavy atom. The number of benzene rings is 1. The summed E-state index contributed by atoms with van der Waals surface area (Å²) in [6, 6.07) is 6.11. The predicted octanol–water partition coefficient (Wildman–Crippen LogP) is 2.89. The number of rotatable bonds is 7. The van der Waals surface area contributed by atoms with Gasteiger partial charge in [0.1, 0.15) is 5.76 Å². The number of oxazole rings is 1. The summed E-state index contributed by atoms with van der Waals surface area (Å²) in [5.74, 6) is 1.87. The molecule has 0 fully saturated rings. The SMILES string of the molecule is CN=C(NCCNS(=O)(=O)c1cccc(Cl)c1)NCc1ncc(C(C)(C)C)o1.I. The second kappa shape index (κ2) is 11.1. The first-order valence-electron chi connectivity index (χ1n) is 8.77. The number of sulfonamides is 1. The van der Waals surface area contributed by atoms with Crippen molar-refractivity contribution in [3.63, 3.8) is 0 Å². The smallest absolute Gasteiger partial charge is 0.240 e. The van der Waals surface area contributed by atoms with Gasteiger partial charge in [0.25, 0.3) is 0 Å². The highest BCUT2D eigenvalue weighted by atomic mass is 127. The average Bonchev–Trinajstić information content (AvgIpc) is 3.10. The molecule has 0 unspecified atom stereocenters. The van der Waals surface area contributed by atoms with Gasteiger partial charge in [0, 0.05) is 30.6 Å². The van der Waals surface area contributed by atoms with Crippen molar-refractivity contribution < 1.29 is 12.8 Å². The molecule has 11 heteroatoms. The number of guanidine groups is 1. The van der Waals surface area contributed by atoms with Crippen LogP contribution in [0.5, 0.6) is 0 Å². The van der Waals surface area contributed by atoms with Gasteiger partial charge < -0.3 is 15.1 Å². The van der Waals surface area contributed by atoms with E-state index in [2.05, 4.69) is 46.1 Å². The molecule has 0 bridgehead atoms. The highest BCUT2D eigenvalue weighted by molar-refractivity contribution is 14.0. The molecule has 1 heterocycles. The standard InChI is InChI=1S/C18H26ClN5O3S.HI/c1-18(2,3)15-11-22-16(27-15)12-23-17(20-4)21-8-9-24-28(25,26)14-7-5-6-13(19)10-14;/h5-7,10-11,24H,8-9,12H2,1-4H3,(H2,20,21,23);1H. The minimum absolute atomic E-state index is 0. The first-order valence-corrected chi connectivity index (χ1v) is 10.6. The molecule has 1 aromatic carbocycles. The van der Waals surface area contributed by atoms with Gasteiger partial charge in [-0.05, 0) is 18.2 Å². The van der Waals surface area contributed by atoms with Crippen LogP contribution in [0.1, 0.15) is 32.4 Å². The van der Waals surface area contributed by atoms with Crippen LogP contribution >= 0.6 is 35.6 Å². The lowest BCUT2D eigenvalue weighted by molar-refractivity contribution is 0.379. The molecule has 2 rings (SSSR count). The first-order chi connectivity index (χ1) is 13.1. The molecule has 162 valence electrons. The van der Waals surface area contributed by atoms with Crippen molar-refractivity contribution in [1.29, 1.82) is 0 Å². The lowest BCUT2D eigenvalue weighted by Crippen LogP contribution is -2.41. The molecule has 0 saturated heterocycles. The van der Waals surface area contributed by atoms with Gasteiger partial charge in [-0.1, -0.05) is 38.4 Å². The van der Waals surface area contributed by atoms with Crippen molar-refractivity contribution in [2.24, 2.45) is 4.99 Å². The molecule has 29 heavy (non-hydrogen) atoms. The Labute approximate surface area is 194 Å². The third kappa shape index (κ3) is 8.11. The average molecular weight is 556 g/mol. The van der Waals surface area contributed by atoms with Gasteiger partial charge in [0.05, 0.1) is 17.6 Å². The molecular weight excluding hydrogens is 529 g/mol. The number of aromatic nitrogens is 1. The van der Waals surface area contributed by atoms with Crippen molar-refractivity contribution in [2.45, 2.75) is 37.6 Å². The largest absolute Gasteiger partial charge is 0.443 e. The third-order valence-electron chi connectivity index (χ3n) is 3.74. The summed E-state index contributed by atoms with van der Waals surface area (Å²) in [5.41, 5.74) is -0.106. The highest BCUT2D eigenvalue weighted by Gasteiger charge is 2.19. The Balaban J connectivity index is 0.00000420. The second-order valence-electron chi connectivity index (χ2n) is 7.08. The summed E-state index contributed by atoms with van der Waals surface area (Å²) in [5, 5.41) is 6.47. The maximum atomic E-state index is 12.2. The van der Waals surface area contributed by atoms with Gasteiger partial charge in [0.2, 0.25) is 15.9 Å². The van der Waals surface area contributed by atoms with E-state index in [0.29, 0.717) is 30.0 Å². The number of halogens is 2. The predicted molar refractivity (Wildman–Crippen MR) is 125 cm³/mol. The molecule has 8 nitrogen and oxygen atoms in total. The van der Waals surface area contributed by atoms with Crippen LogP contribution in [-0.2, 0) is 22.0 Å². The molecule has 0 spiro atoms. The topological polar surface area (TPSA) is 109 Å². The van der Waals surface area contributed by atoms with E-state index in [1.807, 2.05) is 0 Å². The molecule has 3 N–H and O–H groups in total. The van der Waals surface area contributed by atoms with Crippen LogP contribution in [0.25, 0.3) is 0 Å². The maximum Gasteiger partial charge on any atom is 0.240 e. The molecule has 0 saturated carbocycles. The number of hydrogen-bond donors (Lipinski definition) is 3. The van der Waals surface area contributed by atoms with E-state index in [-0.39, 0.29) is 40.8 Å². The van der Waals surface area contributed by atoms with Gasteiger partial charge in [-0.2, -0.15) is 0 Å². The van der Waals surface area contributed by atoms with Crippen molar-refractivity contribution in [1.82, 2.24) is 20.3 Å². The lowest BCUT2D eigenvalue weighted by Gasteiger charge is -2.13. The Morgan fingerprint density at radius 3 is 2.55 bits per heavy atom. The van der Waals surface area contributed by atoms with E-state index in [1.165, 1.54) is 12.1 Å². The number of aliphatic imine (C=N–C) groups is 1. The van der Waals surface area contributed by atoms with Crippen LogP contribution in [0.2, 0.25) is 5.02 Å². The van der Waals surface area contributed by atoms with Gasteiger partial charge in [0.15, 0.2) is 5.96 Å². The van der Waals surface area contributed by atoms with Crippen LogP contribution in [0.4, 0.5) is 0 Å².